The summed E-state index contributed by atoms with van der Waals surface area (Å²) in [6.45, 7) is 5.11. The Morgan fingerprint density at radius 1 is 1.03 bits per heavy atom. The third-order valence-corrected chi connectivity index (χ3v) is 6.29. The molecular weight excluding hydrogens is 412 g/mol. The van der Waals surface area contributed by atoms with E-state index in [1.165, 1.54) is 7.05 Å². The Morgan fingerprint density at radius 3 is 2.32 bits per heavy atom. The van der Waals surface area contributed by atoms with Crippen LogP contribution in [0.3, 0.4) is 0 Å². The van der Waals surface area contributed by atoms with Crippen molar-refractivity contribution in [2.24, 2.45) is 4.99 Å². The van der Waals surface area contributed by atoms with Gasteiger partial charge in [0.25, 0.3) is 0 Å². The Labute approximate surface area is 183 Å². The maximum Gasteiger partial charge on any atom is 0.240 e. The molecule has 3 aromatic rings. The molecule has 0 bridgehead atoms. The zero-order valence-corrected chi connectivity index (χ0v) is 19.0. The molecule has 0 unspecified atom stereocenters. The number of nitrogens with zero attached hydrogens (tertiary/aromatic N) is 3. The topological polar surface area (TPSA) is 100 Å². The van der Waals surface area contributed by atoms with Gasteiger partial charge in [-0.25, -0.2) is 17.8 Å². The van der Waals surface area contributed by atoms with E-state index in [1.807, 2.05) is 36.7 Å². The minimum absolute atomic E-state index is 0.238. The number of benzene rings is 2. The van der Waals surface area contributed by atoms with Crippen LogP contribution < -0.4 is 15.4 Å². The molecule has 0 atom stereocenters. The number of rotatable bonds is 7. The van der Waals surface area contributed by atoms with Crippen molar-refractivity contribution in [2.45, 2.75) is 31.8 Å². The average molecular weight is 441 g/mol. The van der Waals surface area contributed by atoms with Gasteiger partial charge in [-0.15, -0.1) is 0 Å². The molecule has 0 saturated heterocycles. The minimum Gasteiger partial charge on any atom is -0.352 e. The summed E-state index contributed by atoms with van der Waals surface area (Å²) in [5.74, 6) is 0.648. The summed E-state index contributed by atoms with van der Waals surface area (Å²) in [4.78, 5) is 4.52. The van der Waals surface area contributed by atoms with E-state index < -0.39 is 10.0 Å². The van der Waals surface area contributed by atoms with Crippen molar-refractivity contribution >= 4 is 16.0 Å². The zero-order valence-electron chi connectivity index (χ0n) is 18.2. The average Bonchev–Trinajstić information content (AvgIpc) is 3.12. The highest BCUT2D eigenvalue weighted by Gasteiger charge is 2.11. The quantitative estimate of drug-likeness (QED) is 0.387. The van der Waals surface area contributed by atoms with Crippen LogP contribution in [0.15, 0.2) is 64.5 Å². The Bertz CT molecular complexity index is 1170. The monoisotopic (exact) mass is 440 g/mol. The van der Waals surface area contributed by atoms with Crippen molar-refractivity contribution in [1.29, 1.82) is 0 Å². The summed E-state index contributed by atoms with van der Waals surface area (Å²) in [5.41, 5.74) is 5.12. The molecule has 0 aliphatic heterocycles. The van der Waals surface area contributed by atoms with Gasteiger partial charge in [0, 0.05) is 25.8 Å². The molecule has 1 aromatic heterocycles. The molecule has 0 aliphatic carbocycles. The molecule has 0 fully saturated rings. The second-order valence-electron chi connectivity index (χ2n) is 7.10. The van der Waals surface area contributed by atoms with Gasteiger partial charge in [0.05, 0.1) is 16.3 Å². The summed E-state index contributed by atoms with van der Waals surface area (Å²) in [5, 5.41) is 11.2. The van der Waals surface area contributed by atoms with Gasteiger partial charge < -0.3 is 10.6 Å². The van der Waals surface area contributed by atoms with E-state index in [1.54, 1.807) is 31.3 Å². The van der Waals surface area contributed by atoms with E-state index in [0.29, 0.717) is 19.0 Å². The van der Waals surface area contributed by atoms with E-state index >= 15 is 0 Å². The Hall–Kier alpha value is -3.17. The first-order valence-corrected chi connectivity index (χ1v) is 11.4. The maximum atomic E-state index is 11.8. The number of nitrogens with one attached hydrogen (secondary N) is 3. The van der Waals surface area contributed by atoms with Crippen molar-refractivity contribution in [3.63, 3.8) is 0 Å². The fourth-order valence-electron chi connectivity index (χ4n) is 3.23. The molecule has 2 aromatic carbocycles. The number of para-hydroxylation sites is 1. The summed E-state index contributed by atoms with van der Waals surface area (Å²) in [7, 11) is -0.323. The van der Waals surface area contributed by atoms with Crippen molar-refractivity contribution in [1.82, 2.24) is 25.1 Å². The molecule has 31 heavy (non-hydrogen) atoms. The number of aliphatic imine (C=N–C) groups is 1. The molecule has 164 valence electrons. The standard InChI is InChI=1S/C22H28N6O2S/c1-16-13-17(2)28(27-16)21-8-6-5-7-19(21)15-26-22(23-3)25-14-18-9-11-20(12-10-18)31(29,30)24-4/h5-13,24H,14-15H2,1-4H3,(H2,23,25,26). The van der Waals surface area contributed by atoms with Crippen LogP contribution in [-0.4, -0.2) is 38.3 Å². The Morgan fingerprint density at radius 2 is 1.71 bits per heavy atom. The smallest absolute Gasteiger partial charge is 0.240 e. The summed E-state index contributed by atoms with van der Waals surface area (Å²) in [6, 6.07) is 16.9. The minimum atomic E-state index is -3.43. The van der Waals surface area contributed by atoms with Crippen LogP contribution in [0.5, 0.6) is 0 Å². The fraction of sp³-hybridized carbons (Fsp3) is 0.273. The predicted octanol–water partition coefficient (Wildman–Crippen LogP) is 2.26. The maximum absolute atomic E-state index is 11.8. The molecule has 0 aliphatic rings. The fourth-order valence-corrected chi connectivity index (χ4v) is 3.96. The van der Waals surface area contributed by atoms with Crippen LogP contribution in [0.2, 0.25) is 0 Å². The number of guanidine groups is 1. The van der Waals surface area contributed by atoms with Crippen molar-refractivity contribution in [3.8, 4) is 5.69 Å². The number of hydrogen-bond donors (Lipinski definition) is 3. The number of sulfonamides is 1. The van der Waals surface area contributed by atoms with Gasteiger partial charge in [-0.05, 0) is 56.3 Å². The van der Waals surface area contributed by atoms with Crippen molar-refractivity contribution in [3.05, 3.63) is 77.1 Å². The van der Waals surface area contributed by atoms with Crippen LogP contribution in [0.25, 0.3) is 5.69 Å². The Kier molecular flexibility index (Phi) is 7.09. The number of aryl methyl sites for hydroxylation is 2. The van der Waals surface area contributed by atoms with Gasteiger partial charge in [0.15, 0.2) is 5.96 Å². The highest BCUT2D eigenvalue weighted by molar-refractivity contribution is 7.89. The van der Waals surface area contributed by atoms with E-state index in [4.69, 9.17) is 0 Å². The summed E-state index contributed by atoms with van der Waals surface area (Å²) >= 11 is 0. The van der Waals surface area contributed by atoms with Gasteiger partial charge >= 0.3 is 0 Å². The SMILES string of the molecule is CN=C(NCc1ccc(S(=O)(=O)NC)cc1)NCc1ccccc1-n1nc(C)cc1C. The Balaban J connectivity index is 1.64. The first kappa shape index (κ1) is 22.5. The van der Waals surface area contributed by atoms with Crippen molar-refractivity contribution in [2.75, 3.05) is 14.1 Å². The normalized spacial score (nSPS) is 12.1. The lowest BCUT2D eigenvalue weighted by Crippen LogP contribution is -2.36. The molecule has 3 N–H and O–H groups in total. The van der Waals surface area contributed by atoms with Gasteiger partial charge in [0.1, 0.15) is 0 Å². The molecule has 1 heterocycles. The second-order valence-corrected chi connectivity index (χ2v) is 8.98. The van der Waals surface area contributed by atoms with E-state index in [9.17, 15) is 8.42 Å². The largest absolute Gasteiger partial charge is 0.352 e. The molecule has 8 nitrogen and oxygen atoms in total. The van der Waals surface area contributed by atoms with Gasteiger partial charge in [0.2, 0.25) is 10.0 Å². The first-order valence-electron chi connectivity index (χ1n) is 9.92. The molecule has 9 heteroatoms. The lowest BCUT2D eigenvalue weighted by molar-refractivity contribution is 0.588. The molecule has 0 spiro atoms. The van der Waals surface area contributed by atoms with Crippen LogP contribution in [-0.2, 0) is 23.1 Å². The van der Waals surface area contributed by atoms with E-state index in [2.05, 4.69) is 37.6 Å². The summed E-state index contributed by atoms with van der Waals surface area (Å²) in [6.07, 6.45) is 0. The third-order valence-electron chi connectivity index (χ3n) is 4.86. The number of hydrogen-bond acceptors (Lipinski definition) is 4. The lowest BCUT2D eigenvalue weighted by Gasteiger charge is -2.15. The van der Waals surface area contributed by atoms with Gasteiger partial charge in [-0.3, -0.25) is 4.99 Å². The van der Waals surface area contributed by atoms with E-state index in [-0.39, 0.29) is 4.90 Å². The van der Waals surface area contributed by atoms with Crippen LogP contribution in [0, 0.1) is 13.8 Å². The van der Waals surface area contributed by atoms with Gasteiger partial charge in [-0.1, -0.05) is 30.3 Å². The third kappa shape index (κ3) is 5.50. The summed E-state index contributed by atoms with van der Waals surface area (Å²) < 4.78 is 27.9. The van der Waals surface area contributed by atoms with E-state index in [0.717, 1.165) is 28.2 Å². The highest BCUT2D eigenvalue weighted by atomic mass is 32.2. The van der Waals surface area contributed by atoms with Crippen LogP contribution in [0.1, 0.15) is 22.5 Å². The molecule has 0 saturated carbocycles. The lowest BCUT2D eigenvalue weighted by atomic mass is 10.1. The molecule has 0 amide bonds. The second kappa shape index (κ2) is 9.76. The van der Waals surface area contributed by atoms with Gasteiger partial charge in [-0.2, -0.15) is 5.10 Å². The zero-order chi connectivity index (χ0) is 22.4. The van der Waals surface area contributed by atoms with Crippen LogP contribution in [0.4, 0.5) is 0 Å². The molecule has 3 rings (SSSR count). The van der Waals surface area contributed by atoms with Crippen molar-refractivity contribution < 1.29 is 8.42 Å². The number of aromatic nitrogens is 2. The molecular formula is C22H28N6O2S. The molecule has 0 radical (unpaired) electrons. The highest BCUT2D eigenvalue weighted by Crippen LogP contribution is 2.17. The first-order chi connectivity index (χ1) is 14.8. The van der Waals surface area contributed by atoms with Crippen LogP contribution >= 0.6 is 0 Å². The predicted molar refractivity (Wildman–Crippen MR) is 123 cm³/mol.